The minimum Gasteiger partial charge on any atom is -0.0836 e. The van der Waals surface area contributed by atoms with Crippen LogP contribution in [0.5, 0.6) is 0 Å². The SMILES string of the molecule is Cc1ccc2c(c1)C1CC=CC=C1c1ccccc1-2. The van der Waals surface area contributed by atoms with Crippen LogP contribution in [0.4, 0.5) is 0 Å². The monoisotopic (exact) mass is 244 g/mol. The summed E-state index contributed by atoms with van der Waals surface area (Å²) in [5.41, 5.74) is 8.54. The van der Waals surface area contributed by atoms with Crippen molar-refractivity contribution in [1.82, 2.24) is 0 Å². The van der Waals surface area contributed by atoms with Crippen molar-refractivity contribution in [1.29, 1.82) is 0 Å². The van der Waals surface area contributed by atoms with Gasteiger partial charge in [-0.2, -0.15) is 0 Å². The fraction of sp³-hybridized carbons (Fsp3) is 0.158. The first kappa shape index (κ1) is 10.8. The molecule has 0 bridgehead atoms. The van der Waals surface area contributed by atoms with Gasteiger partial charge in [-0.05, 0) is 41.2 Å². The fourth-order valence-corrected chi connectivity index (χ4v) is 3.39. The average molecular weight is 244 g/mol. The quantitative estimate of drug-likeness (QED) is 0.604. The van der Waals surface area contributed by atoms with E-state index in [0.717, 1.165) is 6.42 Å². The minimum atomic E-state index is 0.537. The number of hydrogen-bond donors (Lipinski definition) is 0. The zero-order valence-electron chi connectivity index (χ0n) is 11.1. The zero-order chi connectivity index (χ0) is 12.8. The highest BCUT2D eigenvalue weighted by Gasteiger charge is 2.28. The standard InChI is InChI=1S/C19H16/c1-13-10-11-18-16-8-3-2-6-14(16)15-7-4-5-9-17(15)19(18)12-13/h2-8,10-12,17H,9H2,1H3. The Morgan fingerprint density at radius 3 is 2.68 bits per heavy atom. The number of rotatable bonds is 0. The molecule has 2 aromatic rings. The molecule has 0 N–H and O–H groups in total. The molecule has 0 saturated carbocycles. The maximum atomic E-state index is 2.36. The Morgan fingerprint density at radius 1 is 0.947 bits per heavy atom. The summed E-state index contributed by atoms with van der Waals surface area (Å²) in [7, 11) is 0. The molecule has 0 aromatic heterocycles. The smallest absolute Gasteiger partial charge is 0.0136 e. The molecule has 4 rings (SSSR count). The van der Waals surface area contributed by atoms with Crippen molar-refractivity contribution in [2.45, 2.75) is 19.3 Å². The third-order valence-corrected chi connectivity index (χ3v) is 4.27. The molecule has 92 valence electrons. The number of hydrogen-bond acceptors (Lipinski definition) is 0. The Hall–Kier alpha value is -2.08. The summed E-state index contributed by atoms with van der Waals surface area (Å²) >= 11 is 0. The van der Waals surface area contributed by atoms with Crippen molar-refractivity contribution in [3.05, 3.63) is 77.4 Å². The number of allylic oxidation sites excluding steroid dienone is 4. The molecule has 0 fully saturated rings. The predicted octanol–water partition coefficient (Wildman–Crippen LogP) is 5.10. The molecule has 0 amide bonds. The van der Waals surface area contributed by atoms with Gasteiger partial charge in [-0.1, -0.05) is 66.3 Å². The molecule has 0 saturated heterocycles. The van der Waals surface area contributed by atoms with Crippen molar-refractivity contribution in [3.8, 4) is 11.1 Å². The first-order valence-corrected chi connectivity index (χ1v) is 6.91. The zero-order valence-corrected chi connectivity index (χ0v) is 11.1. The van der Waals surface area contributed by atoms with E-state index < -0.39 is 0 Å². The lowest BCUT2D eigenvalue weighted by molar-refractivity contribution is 0.866. The van der Waals surface area contributed by atoms with Crippen molar-refractivity contribution in [3.63, 3.8) is 0 Å². The summed E-state index contributed by atoms with van der Waals surface area (Å²) in [6.07, 6.45) is 7.90. The highest BCUT2D eigenvalue weighted by Crippen LogP contribution is 2.49. The van der Waals surface area contributed by atoms with E-state index in [1.807, 2.05) is 0 Å². The first-order valence-electron chi connectivity index (χ1n) is 6.91. The molecule has 0 heterocycles. The van der Waals surface area contributed by atoms with Crippen LogP contribution in [0.3, 0.4) is 0 Å². The second-order valence-electron chi connectivity index (χ2n) is 5.47. The van der Waals surface area contributed by atoms with Gasteiger partial charge in [0.05, 0.1) is 0 Å². The summed E-state index contributed by atoms with van der Waals surface area (Å²) in [6.45, 7) is 2.18. The summed E-state index contributed by atoms with van der Waals surface area (Å²) in [4.78, 5) is 0. The highest BCUT2D eigenvalue weighted by molar-refractivity contribution is 5.91. The number of aryl methyl sites for hydroxylation is 1. The molecular weight excluding hydrogens is 228 g/mol. The lowest BCUT2D eigenvalue weighted by Gasteiger charge is -2.31. The van der Waals surface area contributed by atoms with Crippen molar-refractivity contribution in [2.75, 3.05) is 0 Å². The third-order valence-electron chi connectivity index (χ3n) is 4.27. The molecule has 0 heteroatoms. The highest BCUT2D eigenvalue weighted by atomic mass is 14.3. The van der Waals surface area contributed by atoms with E-state index in [9.17, 15) is 0 Å². The molecule has 0 nitrogen and oxygen atoms in total. The first-order chi connectivity index (χ1) is 9.34. The summed E-state index contributed by atoms with van der Waals surface area (Å²) < 4.78 is 0. The van der Waals surface area contributed by atoms with Gasteiger partial charge < -0.3 is 0 Å². The Labute approximate surface area is 114 Å². The van der Waals surface area contributed by atoms with Gasteiger partial charge in [-0.15, -0.1) is 0 Å². The van der Waals surface area contributed by atoms with E-state index in [2.05, 4.69) is 67.6 Å². The Morgan fingerprint density at radius 2 is 1.79 bits per heavy atom. The minimum absolute atomic E-state index is 0.537. The number of fused-ring (bicyclic) bond motifs is 6. The van der Waals surface area contributed by atoms with E-state index in [1.54, 1.807) is 0 Å². The van der Waals surface area contributed by atoms with Crippen LogP contribution in [-0.2, 0) is 0 Å². The predicted molar refractivity (Wildman–Crippen MR) is 81.1 cm³/mol. The second-order valence-corrected chi connectivity index (χ2v) is 5.47. The van der Waals surface area contributed by atoms with Crippen molar-refractivity contribution in [2.24, 2.45) is 0 Å². The van der Waals surface area contributed by atoms with E-state index in [-0.39, 0.29) is 0 Å². The van der Waals surface area contributed by atoms with Gasteiger partial charge in [0, 0.05) is 5.92 Å². The van der Waals surface area contributed by atoms with E-state index >= 15 is 0 Å². The molecule has 0 spiro atoms. The van der Waals surface area contributed by atoms with Gasteiger partial charge in [0.1, 0.15) is 0 Å². The second kappa shape index (κ2) is 3.96. The normalized spacial score (nSPS) is 19.2. The maximum Gasteiger partial charge on any atom is 0.0136 e. The van der Waals surface area contributed by atoms with Crippen LogP contribution in [0.15, 0.2) is 60.7 Å². The van der Waals surface area contributed by atoms with Crippen LogP contribution < -0.4 is 0 Å². The number of benzene rings is 2. The molecule has 2 aliphatic carbocycles. The van der Waals surface area contributed by atoms with Crippen molar-refractivity contribution >= 4 is 5.57 Å². The van der Waals surface area contributed by atoms with E-state index in [1.165, 1.54) is 33.4 Å². The topological polar surface area (TPSA) is 0 Å². The van der Waals surface area contributed by atoms with Crippen LogP contribution in [0.2, 0.25) is 0 Å². The van der Waals surface area contributed by atoms with Crippen LogP contribution in [0, 0.1) is 6.92 Å². The van der Waals surface area contributed by atoms with E-state index in [0.29, 0.717) is 5.92 Å². The molecular formula is C19H16. The Balaban J connectivity index is 2.08. The van der Waals surface area contributed by atoms with Gasteiger partial charge >= 0.3 is 0 Å². The van der Waals surface area contributed by atoms with Crippen LogP contribution >= 0.6 is 0 Å². The van der Waals surface area contributed by atoms with E-state index in [4.69, 9.17) is 0 Å². The van der Waals surface area contributed by atoms with Crippen molar-refractivity contribution < 1.29 is 0 Å². The van der Waals surface area contributed by atoms with Crippen LogP contribution in [0.1, 0.15) is 29.0 Å². The molecule has 1 atom stereocenters. The van der Waals surface area contributed by atoms with Gasteiger partial charge in [0.15, 0.2) is 0 Å². The van der Waals surface area contributed by atoms with Gasteiger partial charge in [-0.25, -0.2) is 0 Å². The largest absolute Gasteiger partial charge is 0.0836 e. The molecule has 1 unspecified atom stereocenters. The molecule has 19 heavy (non-hydrogen) atoms. The van der Waals surface area contributed by atoms with Gasteiger partial charge in [-0.3, -0.25) is 0 Å². The molecule has 2 aromatic carbocycles. The summed E-state index contributed by atoms with van der Waals surface area (Å²) in [6, 6.07) is 15.7. The Kier molecular flexibility index (Phi) is 2.25. The Bertz CT molecular complexity index is 717. The molecule has 0 radical (unpaired) electrons. The lowest BCUT2D eigenvalue weighted by Crippen LogP contribution is -2.11. The van der Waals surface area contributed by atoms with Crippen LogP contribution in [-0.4, -0.2) is 0 Å². The van der Waals surface area contributed by atoms with Crippen LogP contribution in [0.25, 0.3) is 16.7 Å². The average Bonchev–Trinajstić information content (AvgIpc) is 2.47. The fourth-order valence-electron chi connectivity index (χ4n) is 3.39. The lowest BCUT2D eigenvalue weighted by atomic mass is 9.72. The third kappa shape index (κ3) is 1.53. The summed E-state index contributed by atoms with van der Waals surface area (Å²) in [5, 5.41) is 0. The maximum absolute atomic E-state index is 2.36. The summed E-state index contributed by atoms with van der Waals surface area (Å²) in [5.74, 6) is 0.537. The van der Waals surface area contributed by atoms with Gasteiger partial charge in [0.25, 0.3) is 0 Å². The molecule has 2 aliphatic rings. The molecule has 0 aliphatic heterocycles. The van der Waals surface area contributed by atoms with Gasteiger partial charge in [0.2, 0.25) is 0 Å².